The molecule has 1 aromatic heterocycles. The van der Waals surface area contributed by atoms with Gasteiger partial charge in [0.25, 0.3) is 0 Å². The molecule has 0 aliphatic rings. The maximum Gasteiger partial charge on any atom is 0.233 e. The highest BCUT2D eigenvalue weighted by Crippen LogP contribution is 2.22. The minimum absolute atomic E-state index is 0.541. The smallest absolute Gasteiger partial charge is 0.233 e. The summed E-state index contributed by atoms with van der Waals surface area (Å²) in [5.74, 6) is 1.22. The molecule has 0 amide bonds. The molecular formula is C15H20N4O. The number of nitrogens with two attached hydrogens (primary N) is 1. The lowest BCUT2D eigenvalue weighted by Gasteiger charge is -2.18. The van der Waals surface area contributed by atoms with Crippen molar-refractivity contribution in [2.45, 2.75) is 20.4 Å². The van der Waals surface area contributed by atoms with Crippen molar-refractivity contribution in [3.05, 3.63) is 41.6 Å². The van der Waals surface area contributed by atoms with E-state index in [9.17, 15) is 0 Å². The van der Waals surface area contributed by atoms with Gasteiger partial charge in [0.05, 0.1) is 6.61 Å². The van der Waals surface area contributed by atoms with E-state index in [1.807, 2.05) is 56.1 Å². The van der Waals surface area contributed by atoms with Crippen LogP contribution in [0.15, 0.2) is 30.3 Å². The van der Waals surface area contributed by atoms with Gasteiger partial charge < -0.3 is 15.4 Å². The summed E-state index contributed by atoms with van der Waals surface area (Å²) < 4.78 is 5.46. The van der Waals surface area contributed by atoms with E-state index in [0.29, 0.717) is 25.0 Å². The zero-order valence-corrected chi connectivity index (χ0v) is 12.1. The molecule has 0 bridgehead atoms. The summed E-state index contributed by atoms with van der Waals surface area (Å²) in [5, 5.41) is 0. The Hall–Kier alpha value is -2.14. The van der Waals surface area contributed by atoms with E-state index < -0.39 is 0 Å². The van der Waals surface area contributed by atoms with Gasteiger partial charge in [-0.1, -0.05) is 12.1 Å². The molecule has 0 radical (unpaired) electrons. The largest absolute Gasteiger partial charge is 0.478 e. The topological polar surface area (TPSA) is 64.3 Å². The third kappa shape index (κ3) is 3.24. The van der Waals surface area contributed by atoms with Crippen molar-refractivity contribution < 1.29 is 4.74 Å². The first-order chi connectivity index (χ1) is 9.63. The van der Waals surface area contributed by atoms with Gasteiger partial charge in [-0.3, -0.25) is 0 Å². The predicted molar refractivity (Wildman–Crippen MR) is 80.3 cm³/mol. The molecule has 0 atom stereocenters. The minimum Gasteiger partial charge on any atom is -0.478 e. The Bertz CT molecular complexity index is 569. The Morgan fingerprint density at radius 2 is 1.90 bits per heavy atom. The average molecular weight is 272 g/mol. The quantitative estimate of drug-likeness (QED) is 0.905. The molecule has 2 N–H and O–H groups in total. The number of aryl methyl sites for hydroxylation is 1. The highest BCUT2D eigenvalue weighted by molar-refractivity contribution is 5.57. The summed E-state index contributed by atoms with van der Waals surface area (Å²) in [7, 11) is 1.93. The van der Waals surface area contributed by atoms with Crippen LogP contribution in [0.3, 0.4) is 0 Å². The van der Waals surface area contributed by atoms with Gasteiger partial charge in [-0.25, -0.2) is 4.98 Å². The van der Waals surface area contributed by atoms with E-state index in [4.69, 9.17) is 10.5 Å². The summed E-state index contributed by atoms with van der Waals surface area (Å²) in [6, 6.07) is 9.86. The van der Waals surface area contributed by atoms with E-state index in [1.54, 1.807) is 0 Å². The van der Waals surface area contributed by atoms with Gasteiger partial charge in [0.15, 0.2) is 0 Å². The van der Waals surface area contributed by atoms with Crippen LogP contribution < -0.4 is 15.4 Å². The maximum absolute atomic E-state index is 5.61. The zero-order chi connectivity index (χ0) is 14.5. The number of hydrogen-bond donors (Lipinski definition) is 1. The normalized spacial score (nSPS) is 10.4. The number of hydrogen-bond acceptors (Lipinski definition) is 5. The number of ether oxygens (including phenoxy) is 1. The Kier molecular flexibility index (Phi) is 4.53. The number of aromatic nitrogens is 2. The van der Waals surface area contributed by atoms with Gasteiger partial charge in [0, 0.05) is 31.0 Å². The van der Waals surface area contributed by atoms with Crippen LogP contribution in [0.5, 0.6) is 5.88 Å². The van der Waals surface area contributed by atoms with Crippen LogP contribution in [0.25, 0.3) is 0 Å². The third-order valence-electron chi connectivity index (χ3n) is 2.97. The van der Waals surface area contributed by atoms with E-state index in [-0.39, 0.29) is 0 Å². The van der Waals surface area contributed by atoms with Gasteiger partial charge in [-0.05, 0) is 31.5 Å². The van der Waals surface area contributed by atoms with Gasteiger partial charge in [-0.2, -0.15) is 4.98 Å². The van der Waals surface area contributed by atoms with Crippen LogP contribution in [-0.2, 0) is 6.54 Å². The fourth-order valence-corrected chi connectivity index (χ4v) is 1.87. The van der Waals surface area contributed by atoms with Crippen molar-refractivity contribution in [1.29, 1.82) is 0 Å². The predicted octanol–water partition coefficient (Wildman–Crippen LogP) is 2.41. The molecule has 5 nitrogen and oxygen atoms in total. The SMILES string of the molecule is CCOc1cc(C)nc(N(C)c2ccc(CN)cc2)n1. The zero-order valence-electron chi connectivity index (χ0n) is 12.1. The molecule has 5 heteroatoms. The van der Waals surface area contributed by atoms with Crippen LogP contribution in [0.2, 0.25) is 0 Å². The molecule has 0 saturated carbocycles. The lowest BCUT2D eigenvalue weighted by molar-refractivity contribution is 0.326. The average Bonchev–Trinajstić information content (AvgIpc) is 2.46. The Morgan fingerprint density at radius 1 is 1.20 bits per heavy atom. The summed E-state index contributed by atoms with van der Waals surface area (Å²) in [6.07, 6.45) is 0. The van der Waals surface area contributed by atoms with E-state index in [2.05, 4.69) is 9.97 Å². The van der Waals surface area contributed by atoms with Crippen LogP contribution in [0.4, 0.5) is 11.6 Å². The highest BCUT2D eigenvalue weighted by atomic mass is 16.5. The second kappa shape index (κ2) is 6.34. The highest BCUT2D eigenvalue weighted by Gasteiger charge is 2.10. The van der Waals surface area contributed by atoms with Crippen LogP contribution in [0.1, 0.15) is 18.2 Å². The van der Waals surface area contributed by atoms with Crippen molar-refractivity contribution in [1.82, 2.24) is 9.97 Å². The van der Waals surface area contributed by atoms with E-state index in [1.165, 1.54) is 0 Å². The van der Waals surface area contributed by atoms with Gasteiger partial charge in [0.2, 0.25) is 11.8 Å². The maximum atomic E-state index is 5.61. The fraction of sp³-hybridized carbons (Fsp3) is 0.333. The first kappa shape index (κ1) is 14.3. The van der Waals surface area contributed by atoms with Crippen LogP contribution in [-0.4, -0.2) is 23.6 Å². The molecule has 0 unspecified atom stereocenters. The molecule has 2 aromatic rings. The summed E-state index contributed by atoms with van der Waals surface area (Å²) in [4.78, 5) is 10.8. The molecule has 2 rings (SSSR count). The molecule has 106 valence electrons. The summed E-state index contributed by atoms with van der Waals surface area (Å²) >= 11 is 0. The van der Waals surface area contributed by atoms with Gasteiger partial charge in [0.1, 0.15) is 0 Å². The van der Waals surface area contributed by atoms with Crippen molar-refractivity contribution in [2.75, 3.05) is 18.6 Å². The van der Waals surface area contributed by atoms with E-state index in [0.717, 1.165) is 16.9 Å². The molecule has 1 aromatic carbocycles. The van der Waals surface area contributed by atoms with Crippen molar-refractivity contribution in [3.8, 4) is 5.88 Å². The molecule has 0 spiro atoms. The molecule has 0 saturated heterocycles. The first-order valence-electron chi connectivity index (χ1n) is 6.65. The third-order valence-corrected chi connectivity index (χ3v) is 2.97. The summed E-state index contributed by atoms with van der Waals surface area (Å²) in [6.45, 7) is 5.00. The Labute approximate surface area is 119 Å². The van der Waals surface area contributed by atoms with Gasteiger partial charge >= 0.3 is 0 Å². The monoisotopic (exact) mass is 272 g/mol. The fourth-order valence-electron chi connectivity index (χ4n) is 1.87. The molecule has 0 fully saturated rings. The molecule has 20 heavy (non-hydrogen) atoms. The summed E-state index contributed by atoms with van der Waals surface area (Å²) in [5.41, 5.74) is 8.59. The molecular weight excluding hydrogens is 252 g/mol. The Balaban J connectivity index is 2.29. The lowest BCUT2D eigenvalue weighted by Crippen LogP contribution is -2.14. The second-order valence-corrected chi connectivity index (χ2v) is 4.51. The van der Waals surface area contributed by atoms with Gasteiger partial charge in [-0.15, -0.1) is 0 Å². The van der Waals surface area contributed by atoms with Crippen LogP contribution in [0, 0.1) is 6.92 Å². The second-order valence-electron chi connectivity index (χ2n) is 4.51. The van der Waals surface area contributed by atoms with Crippen molar-refractivity contribution in [2.24, 2.45) is 5.73 Å². The molecule has 1 heterocycles. The van der Waals surface area contributed by atoms with Crippen LogP contribution >= 0.6 is 0 Å². The van der Waals surface area contributed by atoms with Crippen molar-refractivity contribution >= 4 is 11.6 Å². The number of rotatable bonds is 5. The Morgan fingerprint density at radius 3 is 2.50 bits per heavy atom. The van der Waals surface area contributed by atoms with Crippen molar-refractivity contribution in [3.63, 3.8) is 0 Å². The molecule has 0 aliphatic carbocycles. The molecule has 0 aliphatic heterocycles. The minimum atomic E-state index is 0.541. The lowest BCUT2D eigenvalue weighted by atomic mass is 10.2. The van der Waals surface area contributed by atoms with E-state index >= 15 is 0 Å². The number of anilines is 2. The first-order valence-corrected chi connectivity index (χ1v) is 6.65. The number of benzene rings is 1. The standard InChI is InChI=1S/C15H20N4O/c1-4-20-14-9-11(2)17-15(18-14)19(3)13-7-5-12(10-16)6-8-13/h5-9H,4,10,16H2,1-3H3. The number of nitrogens with zero attached hydrogens (tertiary/aromatic N) is 3.